The summed E-state index contributed by atoms with van der Waals surface area (Å²) in [4.78, 5) is 11.7. The molecule has 1 saturated carbocycles. The van der Waals surface area contributed by atoms with Gasteiger partial charge in [-0.05, 0) is 43.5 Å². The van der Waals surface area contributed by atoms with E-state index in [1.807, 2.05) is 5.32 Å². The summed E-state index contributed by atoms with van der Waals surface area (Å²) in [5, 5.41) is 4.61. The predicted octanol–water partition coefficient (Wildman–Crippen LogP) is 4.34. The number of benzene rings is 1. The number of hydrogen-bond donors (Lipinski definition) is 2. The van der Waals surface area contributed by atoms with E-state index < -0.39 is 17.7 Å². The highest BCUT2D eigenvalue weighted by atomic mass is 35.5. The lowest BCUT2D eigenvalue weighted by Crippen LogP contribution is -2.59. The molecule has 3 rings (SSSR count). The smallest absolute Gasteiger partial charge is 0.316 e. The molecule has 0 spiro atoms. The highest BCUT2D eigenvalue weighted by molar-refractivity contribution is 6.30. The van der Waals surface area contributed by atoms with Crippen molar-refractivity contribution >= 4 is 23.3 Å². The number of nitrogens with one attached hydrogen (secondary N) is 2. The standard InChI is InChI=1S/C14H12ClF3N2O/c15-9-4-5-11-10(6-9)13(14(16,17)18,20-12(21)19-11)7-8-2-1-3-8/h4-7H,1-3H2,(H2,19,20,21)/t13-/m0/s1. The molecule has 0 radical (unpaired) electrons. The Balaban J connectivity index is 2.24. The van der Waals surface area contributed by atoms with E-state index in [9.17, 15) is 18.0 Å². The van der Waals surface area contributed by atoms with Gasteiger partial charge in [-0.3, -0.25) is 0 Å². The van der Waals surface area contributed by atoms with Gasteiger partial charge in [0.25, 0.3) is 0 Å². The zero-order chi connectivity index (χ0) is 15.3. The summed E-state index contributed by atoms with van der Waals surface area (Å²) in [7, 11) is 0. The van der Waals surface area contributed by atoms with Crippen molar-refractivity contribution in [2.45, 2.75) is 31.0 Å². The second kappa shape index (κ2) is 4.66. The molecule has 0 saturated heterocycles. The van der Waals surface area contributed by atoms with Crippen LogP contribution in [0.5, 0.6) is 0 Å². The van der Waals surface area contributed by atoms with Crippen molar-refractivity contribution in [1.29, 1.82) is 0 Å². The van der Waals surface area contributed by atoms with Gasteiger partial charge in [-0.15, -0.1) is 0 Å². The first kappa shape index (κ1) is 14.3. The second-order valence-electron chi connectivity index (χ2n) is 5.23. The number of allylic oxidation sites excluding steroid dienone is 1. The van der Waals surface area contributed by atoms with Gasteiger partial charge < -0.3 is 10.6 Å². The van der Waals surface area contributed by atoms with Crippen LogP contribution in [0.25, 0.3) is 0 Å². The van der Waals surface area contributed by atoms with E-state index in [4.69, 9.17) is 11.6 Å². The topological polar surface area (TPSA) is 41.1 Å². The van der Waals surface area contributed by atoms with E-state index in [1.165, 1.54) is 18.2 Å². The lowest BCUT2D eigenvalue weighted by molar-refractivity contribution is -0.182. The predicted molar refractivity (Wildman–Crippen MR) is 73.3 cm³/mol. The Morgan fingerprint density at radius 2 is 2.00 bits per heavy atom. The Kier molecular flexibility index (Phi) is 3.16. The van der Waals surface area contributed by atoms with Crippen LogP contribution < -0.4 is 10.6 Å². The Hall–Kier alpha value is -1.69. The minimum Gasteiger partial charge on any atom is -0.316 e. The van der Waals surface area contributed by atoms with Gasteiger partial charge in [0.05, 0.1) is 0 Å². The van der Waals surface area contributed by atoms with Gasteiger partial charge in [-0.25, -0.2) is 4.79 Å². The van der Waals surface area contributed by atoms with Gasteiger partial charge in [-0.2, -0.15) is 13.2 Å². The maximum atomic E-state index is 13.8. The number of urea groups is 1. The van der Waals surface area contributed by atoms with Crippen molar-refractivity contribution in [1.82, 2.24) is 5.32 Å². The van der Waals surface area contributed by atoms with E-state index in [1.54, 1.807) is 0 Å². The van der Waals surface area contributed by atoms with Crippen LogP contribution in [0.2, 0.25) is 5.02 Å². The quantitative estimate of drug-likeness (QED) is 0.743. The van der Waals surface area contributed by atoms with Crippen LogP contribution in [-0.4, -0.2) is 12.2 Å². The molecular weight excluding hydrogens is 305 g/mol. The average molecular weight is 317 g/mol. The third kappa shape index (κ3) is 2.27. The molecule has 1 fully saturated rings. The number of carbonyl (C=O) groups is 1. The van der Waals surface area contributed by atoms with E-state index in [2.05, 4.69) is 5.32 Å². The zero-order valence-electron chi connectivity index (χ0n) is 10.9. The van der Waals surface area contributed by atoms with Crippen molar-refractivity contribution in [3.63, 3.8) is 0 Å². The Morgan fingerprint density at radius 1 is 1.29 bits per heavy atom. The van der Waals surface area contributed by atoms with Crippen LogP contribution in [0.4, 0.5) is 23.7 Å². The fraction of sp³-hybridized carbons (Fsp3) is 0.357. The van der Waals surface area contributed by atoms with Gasteiger partial charge in [0.2, 0.25) is 0 Å². The van der Waals surface area contributed by atoms with Crippen molar-refractivity contribution in [3.8, 4) is 0 Å². The van der Waals surface area contributed by atoms with Crippen LogP contribution in [0.1, 0.15) is 24.8 Å². The molecule has 1 aliphatic carbocycles. The first-order valence-corrected chi connectivity index (χ1v) is 6.86. The maximum absolute atomic E-state index is 13.8. The summed E-state index contributed by atoms with van der Waals surface area (Å²) >= 11 is 5.85. The molecule has 7 heteroatoms. The number of amides is 2. The molecule has 1 heterocycles. The van der Waals surface area contributed by atoms with Gasteiger partial charge in [0.15, 0.2) is 5.54 Å². The summed E-state index contributed by atoms with van der Waals surface area (Å²) in [6.07, 6.45) is -1.42. The fourth-order valence-electron chi connectivity index (χ4n) is 2.60. The summed E-state index contributed by atoms with van der Waals surface area (Å²) < 4.78 is 41.3. The van der Waals surface area contributed by atoms with Crippen LogP contribution in [0.15, 0.2) is 29.8 Å². The third-order valence-electron chi connectivity index (χ3n) is 3.83. The normalized spacial score (nSPS) is 24.6. The molecule has 1 aliphatic heterocycles. The first-order chi connectivity index (χ1) is 9.82. The molecule has 1 atom stereocenters. The number of alkyl halides is 3. The Morgan fingerprint density at radius 3 is 2.57 bits per heavy atom. The highest BCUT2D eigenvalue weighted by Gasteiger charge is 2.58. The van der Waals surface area contributed by atoms with Gasteiger partial charge in [0.1, 0.15) is 0 Å². The number of halogens is 4. The SMILES string of the molecule is O=C1Nc2ccc(Cl)cc2[C@@](C=C2CCC2)(C(F)(F)F)N1. The number of fused-ring (bicyclic) bond motifs is 1. The third-order valence-corrected chi connectivity index (χ3v) is 4.06. The lowest BCUT2D eigenvalue weighted by Gasteiger charge is -2.40. The molecule has 2 N–H and O–H groups in total. The number of carbonyl (C=O) groups excluding carboxylic acids is 1. The molecule has 112 valence electrons. The van der Waals surface area contributed by atoms with Gasteiger partial charge in [0, 0.05) is 16.3 Å². The molecule has 2 aliphatic rings. The first-order valence-electron chi connectivity index (χ1n) is 6.48. The molecule has 2 amide bonds. The molecule has 3 nitrogen and oxygen atoms in total. The van der Waals surface area contributed by atoms with E-state index >= 15 is 0 Å². The minimum absolute atomic E-state index is 0.0819. The minimum atomic E-state index is -4.66. The van der Waals surface area contributed by atoms with Gasteiger partial charge >= 0.3 is 12.2 Å². The van der Waals surface area contributed by atoms with Gasteiger partial charge in [-0.1, -0.05) is 17.2 Å². The molecule has 0 aromatic heterocycles. The second-order valence-corrected chi connectivity index (χ2v) is 5.67. The van der Waals surface area contributed by atoms with Crippen LogP contribution in [-0.2, 0) is 5.54 Å². The van der Waals surface area contributed by atoms with Crippen molar-refractivity contribution in [3.05, 3.63) is 40.4 Å². The van der Waals surface area contributed by atoms with Crippen molar-refractivity contribution < 1.29 is 18.0 Å². The number of anilines is 1. The molecule has 0 bridgehead atoms. The van der Waals surface area contributed by atoms with E-state index in [0.29, 0.717) is 18.4 Å². The summed E-state index contributed by atoms with van der Waals surface area (Å²) in [5.41, 5.74) is -1.79. The molecule has 0 unspecified atom stereocenters. The van der Waals surface area contributed by atoms with Crippen LogP contribution >= 0.6 is 11.6 Å². The average Bonchev–Trinajstić information content (AvgIpc) is 2.33. The number of hydrogen-bond acceptors (Lipinski definition) is 1. The van der Waals surface area contributed by atoms with Crippen LogP contribution in [0, 0.1) is 0 Å². The largest absolute Gasteiger partial charge is 0.419 e. The molecule has 1 aromatic rings. The Labute approximate surface area is 124 Å². The van der Waals surface area contributed by atoms with Crippen molar-refractivity contribution in [2.75, 3.05) is 5.32 Å². The van der Waals surface area contributed by atoms with Crippen molar-refractivity contribution in [2.24, 2.45) is 0 Å². The van der Waals surface area contributed by atoms with E-state index in [-0.39, 0.29) is 16.3 Å². The molecule has 21 heavy (non-hydrogen) atoms. The van der Waals surface area contributed by atoms with Crippen LogP contribution in [0.3, 0.4) is 0 Å². The Bertz CT molecular complexity index is 636. The molecule has 1 aromatic carbocycles. The monoisotopic (exact) mass is 316 g/mol. The fourth-order valence-corrected chi connectivity index (χ4v) is 2.77. The summed E-state index contributed by atoms with van der Waals surface area (Å²) in [6, 6.07) is 3.20. The van der Waals surface area contributed by atoms with E-state index in [0.717, 1.165) is 12.5 Å². The lowest BCUT2D eigenvalue weighted by atomic mass is 9.80. The summed E-state index contributed by atoms with van der Waals surface area (Å²) in [6.45, 7) is 0. The zero-order valence-corrected chi connectivity index (χ0v) is 11.6. The number of rotatable bonds is 1. The molecular formula is C14H12ClF3N2O. The highest BCUT2D eigenvalue weighted by Crippen LogP contribution is 2.47. The maximum Gasteiger partial charge on any atom is 0.419 e. The summed E-state index contributed by atoms with van der Waals surface area (Å²) in [5.74, 6) is 0.